The molecule has 0 aromatic rings. The Morgan fingerprint density at radius 3 is 1.57 bits per heavy atom. The fourth-order valence-corrected chi connectivity index (χ4v) is 1.09. The first-order chi connectivity index (χ1) is 6.43. The third kappa shape index (κ3) is 6.46. The molecular weight excluding hydrogens is 180 g/mol. The monoisotopic (exact) mass is 200 g/mol. The molecule has 0 aliphatic heterocycles. The summed E-state index contributed by atoms with van der Waals surface area (Å²) in [5.74, 6) is 0.674. The van der Waals surface area contributed by atoms with Crippen molar-refractivity contribution in [2.45, 2.75) is 27.7 Å². The fourth-order valence-electron chi connectivity index (χ4n) is 1.09. The van der Waals surface area contributed by atoms with Gasteiger partial charge in [-0.2, -0.15) is 0 Å². The van der Waals surface area contributed by atoms with E-state index in [0.717, 1.165) is 0 Å². The van der Waals surface area contributed by atoms with Gasteiger partial charge in [0, 0.05) is 26.9 Å². The molecule has 0 rings (SSSR count). The zero-order chi connectivity index (χ0) is 11.1. The standard InChI is InChI=1S/C10H20N2O2/c1-7(2)10(5-11-8(3)13)6-12-9(4)14/h7,10H,5-6H2,1-4H3,(H,11,13)(H,12,14). The van der Waals surface area contributed by atoms with Gasteiger partial charge in [0.15, 0.2) is 0 Å². The lowest BCUT2D eigenvalue weighted by molar-refractivity contribution is -0.119. The normalized spacial score (nSPS) is 10.4. The molecule has 82 valence electrons. The first-order valence-electron chi connectivity index (χ1n) is 4.92. The van der Waals surface area contributed by atoms with Crippen LogP contribution in [-0.2, 0) is 9.59 Å². The van der Waals surface area contributed by atoms with Gasteiger partial charge >= 0.3 is 0 Å². The molecule has 0 aliphatic carbocycles. The first kappa shape index (κ1) is 12.9. The topological polar surface area (TPSA) is 58.2 Å². The van der Waals surface area contributed by atoms with E-state index in [2.05, 4.69) is 24.5 Å². The average molecular weight is 200 g/mol. The Bertz CT molecular complexity index is 184. The minimum absolute atomic E-state index is 0.0292. The second-order valence-corrected chi connectivity index (χ2v) is 3.88. The third-order valence-corrected chi connectivity index (χ3v) is 2.17. The van der Waals surface area contributed by atoms with Crippen LogP contribution in [0.15, 0.2) is 0 Å². The van der Waals surface area contributed by atoms with Gasteiger partial charge in [-0.05, 0) is 11.8 Å². The van der Waals surface area contributed by atoms with Crippen molar-refractivity contribution in [1.29, 1.82) is 0 Å². The predicted molar refractivity (Wildman–Crippen MR) is 55.7 cm³/mol. The number of hydrogen-bond donors (Lipinski definition) is 2. The molecule has 2 N–H and O–H groups in total. The molecule has 4 nitrogen and oxygen atoms in total. The van der Waals surface area contributed by atoms with E-state index >= 15 is 0 Å². The first-order valence-corrected chi connectivity index (χ1v) is 4.92. The Hall–Kier alpha value is -1.06. The zero-order valence-corrected chi connectivity index (χ0v) is 9.39. The number of rotatable bonds is 5. The molecule has 0 spiro atoms. The zero-order valence-electron chi connectivity index (χ0n) is 9.39. The maximum atomic E-state index is 10.7. The Labute approximate surface area is 85.4 Å². The summed E-state index contributed by atoms with van der Waals surface area (Å²) < 4.78 is 0. The van der Waals surface area contributed by atoms with Crippen LogP contribution in [0.25, 0.3) is 0 Å². The minimum Gasteiger partial charge on any atom is -0.356 e. The highest BCUT2D eigenvalue weighted by atomic mass is 16.2. The van der Waals surface area contributed by atoms with Crippen LogP contribution in [0.4, 0.5) is 0 Å². The van der Waals surface area contributed by atoms with E-state index in [1.165, 1.54) is 13.8 Å². The van der Waals surface area contributed by atoms with Crippen LogP contribution in [0.1, 0.15) is 27.7 Å². The van der Waals surface area contributed by atoms with Crippen LogP contribution in [0.3, 0.4) is 0 Å². The molecule has 0 aromatic heterocycles. The van der Waals surface area contributed by atoms with Gasteiger partial charge in [0.25, 0.3) is 0 Å². The third-order valence-electron chi connectivity index (χ3n) is 2.17. The van der Waals surface area contributed by atoms with Crippen molar-refractivity contribution in [3.63, 3.8) is 0 Å². The van der Waals surface area contributed by atoms with Gasteiger partial charge in [-0.3, -0.25) is 9.59 Å². The molecule has 0 bridgehead atoms. The highest BCUT2D eigenvalue weighted by molar-refractivity contribution is 5.73. The molecule has 14 heavy (non-hydrogen) atoms. The largest absolute Gasteiger partial charge is 0.356 e. The van der Waals surface area contributed by atoms with Gasteiger partial charge < -0.3 is 10.6 Å². The summed E-state index contributed by atoms with van der Waals surface area (Å²) in [6.07, 6.45) is 0. The lowest BCUT2D eigenvalue weighted by Crippen LogP contribution is -2.37. The highest BCUT2D eigenvalue weighted by Crippen LogP contribution is 2.08. The molecular formula is C10H20N2O2. The van der Waals surface area contributed by atoms with Crippen LogP contribution >= 0.6 is 0 Å². The van der Waals surface area contributed by atoms with Crippen LogP contribution in [0.5, 0.6) is 0 Å². The SMILES string of the molecule is CC(=O)NCC(CNC(C)=O)C(C)C. The number of amides is 2. The van der Waals surface area contributed by atoms with Gasteiger partial charge in [0.05, 0.1) is 0 Å². The van der Waals surface area contributed by atoms with Crippen molar-refractivity contribution in [3.8, 4) is 0 Å². The maximum Gasteiger partial charge on any atom is 0.216 e. The van der Waals surface area contributed by atoms with E-state index in [1.54, 1.807) is 0 Å². The Morgan fingerprint density at radius 1 is 1.00 bits per heavy atom. The molecule has 0 atom stereocenters. The van der Waals surface area contributed by atoms with Gasteiger partial charge in [-0.1, -0.05) is 13.8 Å². The molecule has 4 heteroatoms. The van der Waals surface area contributed by atoms with E-state index in [1.807, 2.05) is 0 Å². The molecule has 0 saturated carbocycles. The number of hydrogen-bond acceptors (Lipinski definition) is 2. The van der Waals surface area contributed by atoms with Crippen molar-refractivity contribution in [2.75, 3.05) is 13.1 Å². The lowest BCUT2D eigenvalue weighted by atomic mass is 9.95. The van der Waals surface area contributed by atoms with Crippen molar-refractivity contribution in [2.24, 2.45) is 11.8 Å². The van der Waals surface area contributed by atoms with Gasteiger partial charge in [0.2, 0.25) is 11.8 Å². The molecule has 2 amide bonds. The molecule has 0 aliphatic rings. The van der Waals surface area contributed by atoms with Crippen molar-refractivity contribution < 1.29 is 9.59 Å². The number of carbonyl (C=O) groups excluding carboxylic acids is 2. The summed E-state index contributed by atoms with van der Waals surface area (Å²) in [4.78, 5) is 21.4. The smallest absolute Gasteiger partial charge is 0.216 e. The maximum absolute atomic E-state index is 10.7. The van der Waals surface area contributed by atoms with Crippen LogP contribution in [-0.4, -0.2) is 24.9 Å². The van der Waals surface area contributed by atoms with Gasteiger partial charge in [-0.25, -0.2) is 0 Å². The van der Waals surface area contributed by atoms with Crippen LogP contribution in [0, 0.1) is 11.8 Å². The van der Waals surface area contributed by atoms with E-state index in [0.29, 0.717) is 24.9 Å². The average Bonchev–Trinajstić information content (AvgIpc) is 2.02. The van der Waals surface area contributed by atoms with E-state index in [9.17, 15) is 9.59 Å². The summed E-state index contributed by atoms with van der Waals surface area (Å²) in [6.45, 7) is 8.38. The summed E-state index contributed by atoms with van der Waals surface area (Å²) in [5, 5.41) is 5.52. The van der Waals surface area contributed by atoms with E-state index in [-0.39, 0.29) is 11.8 Å². The van der Waals surface area contributed by atoms with Crippen molar-refractivity contribution in [1.82, 2.24) is 10.6 Å². The van der Waals surface area contributed by atoms with Crippen molar-refractivity contribution in [3.05, 3.63) is 0 Å². The Kier molecular flexibility index (Phi) is 5.92. The summed E-state index contributed by atoms with van der Waals surface area (Å²) >= 11 is 0. The summed E-state index contributed by atoms with van der Waals surface area (Å²) in [6, 6.07) is 0. The van der Waals surface area contributed by atoms with E-state index < -0.39 is 0 Å². The van der Waals surface area contributed by atoms with E-state index in [4.69, 9.17) is 0 Å². The molecule has 0 aromatic carbocycles. The predicted octanol–water partition coefficient (Wildman–Crippen LogP) is 0.531. The van der Waals surface area contributed by atoms with Crippen molar-refractivity contribution >= 4 is 11.8 Å². The summed E-state index contributed by atoms with van der Waals surface area (Å²) in [5.41, 5.74) is 0. The molecule has 0 heterocycles. The summed E-state index contributed by atoms with van der Waals surface area (Å²) in [7, 11) is 0. The molecule has 0 fully saturated rings. The Balaban J connectivity index is 3.89. The van der Waals surface area contributed by atoms with Crippen LogP contribution < -0.4 is 10.6 Å². The second-order valence-electron chi connectivity index (χ2n) is 3.88. The number of carbonyl (C=O) groups is 2. The molecule has 0 unspecified atom stereocenters. The quantitative estimate of drug-likeness (QED) is 0.680. The highest BCUT2D eigenvalue weighted by Gasteiger charge is 2.13. The van der Waals surface area contributed by atoms with Gasteiger partial charge in [-0.15, -0.1) is 0 Å². The van der Waals surface area contributed by atoms with Gasteiger partial charge in [0.1, 0.15) is 0 Å². The lowest BCUT2D eigenvalue weighted by Gasteiger charge is -2.20. The Morgan fingerprint density at radius 2 is 1.36 bits per heavy atom. The second kappa shape index (κ2) is 6.40. The fraction of sp³-hybridized carbons (Fsp3) is 0.800. The number of nitrogens with one attached hydrogen (secondary N) is 2. The molecule has 0 radical (unpaired) electrons. The van der Waals surface area contributed by atoms with Crippen LogP contribution in [0.2, 0.25) is 0 Å². The minimum atomic E-state index is -0.0292. The molecule has 0 saturated heterocycles.